The lowest BCUT2D eigenvalue weighted by Crippen LogP contribution is -2.52. The SMILES string of the molecule is CC(=O)NC[C@H]1[C@H]2C[C@H](CN(c3ccnc4ccc(Cl)cc34)C2)c2cccc(=O)n21.O=CO. The molecule has 0 aliphatic carbocycles. The Balaban J connectivity index is 0.000000821. The molecule has 0 radical (unpaired) electrons. The average molecular weight is 469 g/mol. The molecule has 2 aliphatic heterocycles. The zero-order valence-electron chi connectivity index (χ0n) is 18.1. The van der Waals surface area contributed by atoms with Crippen molar-refractivity contribution in [1.82, 2.24) is 14.9 Å². The fraction of sp³-hybridized carbons (Fsp3) is 0.333. The average Bonchev–Trinajstić information content (AvgIpc) is 2.79. The van der Waals surface area contributed by atoms with Crippen LogP contribution < -0.4 is 15.8 Å². The Morgan fingerprint density at radius 2 is 2.06 bits per heavy atom. The summed E-state index contributed by atoms with van der Waals surface area (Å²) in [4.78, 5) is 39.6. The van der Waals surface area contributed by atoms with Gasteiger partial charge in [0.25, 0.3) is 12.0 Å². The van der Waals surface area contributed by atoms with Crippen LogP contribution in [0.3, 0.4) is 0 Å². The van der Waals surface area contributed by atoms with Crippen LogP contribution in [-0.2, 0) is 9.59 Å². The second-order valence-corrected chi connectivity index (χ2v) is 8.79. The van der Waals surface area contributed by atoms with Crippen molar-refractivity contribution in [3.8, 4) is 0 Å². The number of pyridine rings is 2. The summed E-state index contributed by atoms with van der Waals surface area (Å²) in [6, 6.07) is 13.3. The highest BCUT2D eigenvalue weighted by molar-refractivity contribution is 6.31. The van der Waals surface area contributed by atoms with E-state index in [0.717, 1.165) is 41.8 Å². The molecule has 2 N–H and O–H groups in total. The fourth-order valence-electron chi connectivity index (χ4n) is 5.13. The van der Waals surface area contributed by atoms with Crippen molar-refractivity contribution in [2.75, 3.05) is 24.5 Å². The number of nitrogens with one attached hydrogen (secondary N) is 1. The Hall–Kier alpha value is -3.39. The van der Waals surface area contributed by atoms with Crippen LogP contribution in [0.4, 0.5) is 5.69 Å². The molecule has 1 fully saturated rings. The van der Waals surface area contributed by atoms with Gasteiger partial charge >= 0.3 is 0 Å². The molecule has 0 spiro atoms. The van der Waals surface area contributed by atoms with Gasteiger partial charge in [0.1, 0.15) is 0 Å². The summed E-state index contributed by atoms with van der Waals surface area (Å²) in [6.07, 6.45) is 2.84. The number of carbonyl (C=O) groups excluding carboxylic acids is 1. The largest absolute Gasteiger partial charge is 0.483 e. The molecule has 0 saturated carbocycles. The van der Waals surface area contributed by atoms with E-state index >= 15 is 0 Å². The van der Waals surface area contributed by atoms with E-state index in [1.54, 1.807) is 6.07 Å². The van der Waals surface area contributed by atoms with Gasteiger partial charge in [-0.3, -0.25) is 19.4 Å². The molecular formula is C24H25ClN4O4. The molecule has 8 nitrogen and oxygen atoms in total. The third-order valence-electron chi connectivity index (χ3n) is 6.38. The van der Waals surface area contributed by atoms with Crippen LogP contribution in [0.2, 0.25) is 5.02 Å². The predicted octanol–water partition coefficient (Wildman–Crippen LogP) is 3.05. The van der Waals surface area contributed by atoms with E-state index in [0.29, 0.717) is 11.6 Å². The third-order valence-corrected chi connectivity index (χ3v) is 6.61. The Morgan fingerprint density at radius 1 is 1.27 bits per heavy atom. The number of carboxylic acid groups (broad SMARTS) is 1. The molecule has 172 valence electrons. The standard InChI is InChI=1S/C23H23ClN4O2.CH2O2/c1-14(29)26-11-22-16-9-15(20-3-2-4-23(30)28(20)22)12-27(13-16)21-7-8-25-19-6-5-17(24)10-18(19)21;2-1-3/h2-8,10,15-16,22H,9,11-13H2,1H3,(H,26,29);1H,(H,2,3)/t15-,16+,22+;/m1./s1. The Kier molecular flexibility index (Phi) is 6.65. The number of amides is 1. The van der Waals surface area contributed by atoms with Crippen LogP contribution in [0.1, 0.15) is 31.0 Å². The van der Waals surface area contributed by atoms with Crippen LogP contribution in [0.25, 0.3) is 10.9 Å². The lowest BCUT2D eigenvalue weighted by molar-refractivity contribution is -0.123. The van der Waals surface area contributed by atoms with Crippen LogP contribution in [0, 0.1) is 5.92 Å². The maximum absolute atomic E-state index is 12.7. The van der Waals surface area contributed by atoms with Gasteiger partial charge in [-0.1, -0.05) is 17.7 Å². The van der Waals surface area contributed by atoms with E-state index in [4.69, 9.17) is 21.5 Å². The van der Waals surface area contributed by atoms with Gasteiger partial charge in [-0.2, -0.15) is 0 Å². The number of halogens is 1. The van der Waals surface area contributed by atoms with E-state index in [9.17, 15) is 9.59 Å². The van der Waals surface area contributed by atoms with Crippen molar-refractivity contribution in [2.45, 2.75) is 25.3 Å². The Morgan fingerprint density at radius 3 is 2.82 bits per heavy atom. The minimum atomic E-state index is -0.250. The monoisotopic (exact) mass is 468 g/mol. The maximum Gasteiger partial charge on any atom is 0.290 e. The number of hydrogen-bond acceptors (Lipinski definition) is 5. The van der Waals surface area contributed by atoms with E-state index in [1.807, 2.05) is 47.2 Å². The Labute approximate surface area is 195 Å². The van der Waals surface area contributed by atoms with Gasteiger partial charge in [-0.05, 0) is 42.7 Å². The van der Waals surface area contributed by atoms with Crippen molar-refractivity contribution in [2.24, 2.45) is 5.92 Å². The quantitative estimate of drug-likeness (QED) is 0.572. The van der Waals surface area contributed by atoms with Gasteiger partial charge < -0.3 is 19.9 Å². The second-order valence-electron chi connectivity index (χ2n) is 8.36. The normalized spacial score (nSPS) is 20.9. The van der Waals surface area contributed by atoms with Gasteiger partial charge in [0.2, 0.25) is 5.91 Å². The number of carbonyl (C=O) groups is 2. The second kappa shape index (κ2) is 9.62. The zero-order valence-corrected chi connectivity index (χ0v) is 18.9. The zero-order chi connectivity index (χ0) is 23.5. The summed E-state index contributed by atoms with van der Waals surface area (Å²) in [6.45, 7) is 3.37. The molecule has 9 heteroatoms. The summed E-state index contributed by atoms with van der Waals surface area (Å²) in [5.41, 5.74) is 3.09. The van der Waals surface area contributed by atoms with Gasteiger partial charge in [-0.25, -0.2) is 0 Å². The topological polar surface area (TPSA) is 105 Å². The van der Waals surface area contributed by atoms with Gasteiger partial charge in [0.05, 0.1) is 11.6 Å². The number of rotatable bonds is 3. The highest BCUT2D eigenvalue weighted by atomic mass is 35.5. The molecule has 1 amide bonds. The first-order valence-electron chi connectivity index (χ1n) is 10.8. The highest BCUT2D eigenvalue weighted by Crippen LogP contribution is 2.43. The van der Waals surface area contributed by atoms with E-state index < -0.39 is 0 Å². The predicted molar refractivity (Wildman–Crippen MR) is 127 cm³/mol. The number of piperidine rings is 1. The lowest BCUT2D eigenvalue weighted by Gasteiger charge is -2.48. The molecule has 1 saturated heterocycles. The molecule has 3 atom stereocenters. The molecule has 5 rings (SSSR count). The minimum Gasteiger partial charge on any atom is -0.483 e. The molecular weight excluding hydrogens is 444 g/mol. The number of fused-ring (bicyclic) bond motifs is 5. The van der Waals surface area contributed by atoms with Crippen molar-refractivity contribution in [3.05, 3.63) is 69.7 Å². The number of hydrogen-bond donors (Lipinski definition) is 2. The number of nitrogens with zero attached hydrogens (tertiary/aromatic N) is 3. The molecule has 0 unspecified atom stereocenters. The third kappa shape index (κ3) is 4.57. The molecule has 33 heavy (non-hydrogen) atoms. The summed E-state index contributed by atoms with van der Waals surface area (Å²) in [5.74, 6) is 0.435. The molecule has 2 aliphatic rings. The Bertz CT molecular complexity index is 1240. The van der Waals surface area contributed by atoms with Crippen LogP contribution in [-0.4, -0.2) is 46.7 Å². The summed E-state index contributed by atoms with van der Waals surface area (Å²) < 4.78 is 1.91. The lowest BCUT2D eigenvalue weighted by atomic mass is 9.78. The minimum absolute atomic E-state index is 0.00662. The fourth-order valence-corrected chi connectivity index (χ4v) is 5.30. The number of benzene rings is 1. The van der Waals surface area contributed by atoms with E-state index in [1.165, 1.54) is 6.92 Å². The van der Waals surface area contributed by atoms with Crippen molar-refractivity contribution < 1.29 is 14.7 Å². The van der Waals surface area contributed by atoms with E-state index in [-0.39, 0.29) is 35.8 Å². The van der Waals surface area contributed by atoms with Crippen LogP contribution in [0.5, 0.6) is 0 Å². The van der Waals surface area contributed by atoms with Gasteiger partial charge in [0.15, 0.2) is 0 Å². The van der Waals surface area contributed by atoms with Crippen molar-refractivity contribution in [1.29, 1.82) is 0 Å². The number of anilines is 1. The molecule has 1 aromatic carbocycles. The van der Waals surface area contributed by atoms with Crippen LogP contribution >= 0.6 is 11.6 Å². The molecule has 2 aromatic heterocycles. The highest BCUT2D eigenvalue weighted by Gasteiger charge is 2.40. The van der Waals surface area contributed by atoms with E-state index in [2.05, 4.69) is 15.2 Å². The summed E-state index contributed by atoms with van der Waals surface area (Å²) in [5, 5.41) is 11.5. The first-order chi connectivity index (χ1) is 15.9. The van der Waals surface area contributed by atoms with Gasteiger partial charge in [-0.15, -0.1) is 0 Å². The maximum atomic E-state index is 12.7. The molecule has 3 aromatic rings. The summed E-state index contributed by atoms with van der Waals surface area (Å²) >= 11 is 6.28. The van der Waals surface area contributed by atoms with Crippen molar-refractivity contribution in [3.63, 3.8) is 0 Å². The number of aromatic nitrogens is 2. The first-order valence-corrected chi connectivity index (χ1v) is 11.1. The van der Waals surface area contributed by atoms with Gasteiger partial charge in [0, 0.05) is 66.5 Å². The smallest absolute Gasteiger partial charge is 0.290 e. The summed E-state index contributed by atoms with van der Waals surface area (Å²) in [7, 11) is 0. The first kappa shape index (κ1) is 22.8. The molecule has 2 bridgehead atoms. The molecule has 4 heterocycles. The van der Waals surface area contributed by atoms with Crippen LogP contribution in [0.15, 0.2) is 53.5 Å². The van der Waals surface area contributed by atoms with Crippen molar-refractivity contribution >= 4 is 40.6 Å².